The van der Waals surface area contributed by atoms with E-state index in [-0.39, 0.29) is 59.5 Å². The van der Waals surface area contributed by atoms with Gasteiger partial charge in [-0.1, -0.05) is 54.6 Å². The van der Waals surface area contributed by atoms with Crippen molar-refractivity contribution in [1.29, 1.82) is 0 Å². The van der Waals surface area contributed by atoms with E-state index in [4.69, 9.17) is 29.5 Å². The van der Waals surface area contributed by atoms with E-state index >= 15 is 0 Å². The Labute approximate surface area is 572 Å². The Hall–Kier alpha value is -8.77. The van der Waals surface area contributed by atoms with Crippen LogP contribution in [-0.4, -0.2) is 161 Å². The molecule has 24 nitrogen and oxygen atoms in total. The lowest BCUT2D eigenvalue weighted by atomic mass is 9.98. The number of nitrogens with zero attached hydrogens (tertiary/aromatic N) is 3. The molecule has 24 heteroatoms. The zero-order chi connectivity index (χ0) is 69.6. The third-order valence-electron chi connectivity index (χ3n) is 19.5. The lowest BCUT2D eigenvalue weighted by Gasteiger charge is -2.30. The molecule has 0 saturated carbocycles. The number of benzene rings is 3. The molecule has 528 valence electrons. The SMILES string of the molecule is C[C@H](N)C(=O)N[C@H]1CCCNC(=O)CCc2oc3ccccc3c2C[C@@H]2CCCN2C1=O.C[C@H](NC(=O)OC(C)(C)C)C(=O)N[C@H]1CCCNC(=O)CCc2oc3ccccc3c2C[C@@H]2CCCN2C1=O.N[C@H]1CCCNC(=O)CCc2oc3ccccc3c2C[C@@H]2CCCN2C1=O. The van der Waals surface area contributed by atoms with Gasteiger partial charge in [0.25, 0.3) is 0 Å². The Kier molecular flexibility index (Phi) is 24.4. The average molecular weight is 1350 g/mol. The summed E-state index contributed by atoms with van der Waals surface area (Å²) in [6.45, 7) is 11.8. The van der Waals surface area contributed by atoms with Crippen molar-refractivity contribution in [1.82, 2.24) is 46.6 Å². The minimum Gasteiger partial charge on any atom is -0.461 e. The maximum Gasteiger partial charge on any atom is 0.408 e. The molecule has 9 amide bonds. The number of alkyl carbamates (subject to hydrolysis) is 1. The molecule has 9 heterocycles. The maximum atomic E-state index is 13.8. The number of fused-ring (bicyclic) bond motifs is 12. The highest BCUT2D eigenvalue weighted by atomic mass is 16.6. The van der Waals surface area contributed by atoms with E-state index in [1.165, 1.54) is 0 Å². The summed E-state index contributed by atoms with van der Waals surface area (Å²) in [5.74, 6) is 1.38. The summed E-state index contributed by atoms with van der Waals surface area (Å²) in [6.07, 6.45) is 12.8. The molecule has 8 atom stereocenters. The topological polar surface area (TPSA) is 336 Å². The van der Waals surface area contributed by atoms with Crippen LogP contribution in [0.2, 0.25) is 0 Å². The van der Waals surface area contributed by atoms with Gasteiger partial charge in [0.05, 0.1) is 12.1 Å². The van der Waals surface area contributed by atoms with Gasteiger partial charge in [-0.05, 0) is 149 Å². The lowest BCUT2D eigenvalue weighted by Crippen LogP contribution is -2.55. The Morgan fingerprint density at radius 2 is 0.857 bits per heavy atom. The van der Waals surface area contributed by atoms with Crippen molar-refractivity contribution >= 4 is 86.3 Å². The van der Waals surface area contributed by atoms with Crippen molar-refractivity contribution < 1.29 is 61.1 Å². The molecule has 10 N–H and O–H groups in total. The summed E-state index contributed by atoms with van der Waals surface area (Å²) >= 11 is 0. The number of nitrogens with one attached hydrogen (secondary N) is 6. The maximum absolute atomic E-state index is 13.8. The number of hydrogen-bond donors (Lipinski definition) is 8. The molecule has 3 saturated heterocycles. The molecular formula is C74H99N11O13. The second-order valence-corrected chi connectivity index (χ2v) is 28.0. The second-order valence-electron chi connectivity index (χ2n) is 28.0. The molecule has 3 fully saturated rings. The summed E-state index contributed by atoms with van der Waals surface area (Å²) in [5, 5.41) is 20.1. The molecular weight excluding hydrogens is 1250 g/mol. The van der Waals surface area contributed by atoms with E-state index in [0.717, 1.165) is 118 Å². The number of para-hydroxylation sites is 3. The predicted molar refractivity (Wildman–Crippen MR) is 370 cm³/mol. The molecule has 6 aliphatic rings. The summed E-state index contributed by atoms with van der Waals surface area (Å²) in [5.41, 5.74) is 16.9. The van der Waals surface area contributed by atoms with Crippen LogP contribution >= 0.6 is 0 Å². The molecule has 6 aliphatic heterocycles. The first-order chi connectivity index (χ1) is 47.1. The van der Waals surface area contributed by atoms with E-state index in [1.807, 2.05) is 81.4 Å². The van der Waals surface area contributed by atoms with Gasteiger partial charge in [-0.2, -0.15) is 0 Å². The largest absolute Gasteiger partial charge is 0.461 e. The molecule has 98 heavy (non-hydrogen) atoms. The number of hydrogen-bond acceptors (Lipinski definition) is 15. The zero-order valence-electron chi connectivity index (χ0n) is 57.4. The van der Waals surface area contributed by atoms with Gasteiger partial charge in [-0.25, -0.2) is 4.79 Å². The van der Waals surface area contributed by atoms with Crippen LogP contribution in [0.4, 0.5) is 4.79 Å². The van der Waals surface area contributed by atoms with Gasteiger partial charge in [-0.15, -0.1) is 0 Å². The smallest absolute Gasteiger partial charge is 0.408 e. The third-order valence-corrected chi connectivity index (χ3v) is 19.5. The first kappa shape index (κ1) is 72.0. The molecule has 3 aromatic carbocycles. The van der Waals surface area contributed by atoms with E-state index in [1.54, 1.807) is 34.6 Å². The van der Waals surface area contributed by atoms with Gasteiger partial charge in [0, 0.05) is 129 Å². The van der Waals surface area contributed by atoms with Crippen LogP contribution in [0.15, 0.2) is 86.0 Å². The van der Waals surface area contributed by atoms with Crippen molar-refractivity contribution in [3.8, 4) is 0 Å². The van der Waals surface area contributed by atoms with Crippen molar-refractivity contribution in [2.75, 3.05) is 39.3 Å². The quantitative estimate of drug-likeness (QED) is 0.0863. The van der Waals surface area contributed by atoms with E-state index < -0.39 is 47.8 Å². The van der Waals surface area contributed by atoms with Crippen molar-refractivity contribution in [3.05, 3.63) is 107 Å². The third kappa shape index (κ3) is 18.5. The molecule has 3 aromatic heterocycles. The normalized spacial score (nSPS) is 23.3. The Bertz CT molecular complexity index is 3830. The number of ether oxygens (including phenoxy) is 1. The number of rotatable bonds is 5. The van der Waals surface area contributed by atoms with Crippen molar-refractivity contribution in [2.45, 2.75) is 223 Å². The van der Waals surface area contributed by atoms with Gasteiger partial charge < -0.3 is 76.1 Å². The summed E-state index contributed by atoms with van der Waals surface area (Å²) in [4.78, 5) is 120. The molecule has 0 unspecified atom stereocenters. The van der Waals surface area contributed by atoms with Gasteiger partial charge in [0.1, 0.15) is 57.8 Å². The Morgan fingerprint density at radius 1 is 0.500 bits per heavy atom. The number of amides is 9. The molecule has 0 radical (unpaired) electrons. The summed E-state index contributed by atoms with van der Waals surface area (Å²) in [7, 11) is 0. The molecule has 0 bridgehead atoms. The summed E-state index contributed by atoms with van der Waals surface area (Å²) < 4.78 is 23.6. The molecule has 6 aromatic rings. The predicted octanol–water partition coefficient (Wildman–Crippen LogP) is 6.98. The van der Waals surface area contributed by atoms with E-state index in [2.05, 4.69) is 38.0 Å². The zero-order valence-corrected chi connectivity index (χ0v) is 57.4. The fourth-order valence-corrected chi connectivity index (χ4v) is 14.4. The van der Waals surface area contributed by atoms with Crippen molar-refractivity contribution in [3.63, 3.8) is 0 Å². The van der Waals surface area contributed by atoms with Crippen LogP contribution in [-0.2, 0) is 81.6 Å². The first-order valence-corrected chi connectivity index (χ1v) is 35.4. The minimum absolute atomic E-state index is 0.0147. The standard InChI is InChI=1S/C29H40N4O6.C24H32N4O4.C21H27N3O3/c1-18(31-28(37)39-29(2,3)4)26(35)32-22-11-7-15-30-25(34)14-13-24-21(20-10-5-6-12-23(20)38-24)17-19-9-8-16-33(19)27(22)36;1-15(25)23(30)27-19-8-4-12-26-22(29)11-10-21-18(17-7-2-3-9-20(17)32-21)14-16-6-5-13-28(16)24(19)31;22-17-7-3-11-23-20(25)10-9-19-16(15-6-1-2-8-18(15)27-19)13-14-5-4-12-24(14)21(17)26/h5-6,10,12,18-19,22H,7-9,11,13-17H2,1-4H3,(H,30,34)(H,31,37)(H,32,35);2-3,7,9,15-16,19H,4-6,8,10-14,25H2,1H3,(H,26,29)(H,27,30);1-2,6,8,14,17H,3-5,7,9-13,22H2,(H,23,25)/t18-,19-,22-;15-,16-,19-;14-,17-/m000/s1. The average Bonchev–Trinajstić information content (AvgIpc) is 1.65. The highest BCUT2D eigenvalue weighted by Gasteiger charge is 2.39. The van der Waals surface area contributed by atoms with Crippen LogP contribution in [0.1, 0.15) is 165 Å². The van der Waals surface area contributed by atoms with Crippen LogP contribution in [0.5, 0.6) is 0 Å². The number of furan rings is 3. The minimum atomic E-state index is -0.894. The number of aryl methyl sites for hydroxylation is 3. The lowest BCUT2D eigenvalue weighted by molar-refractivity contribution is -0.137. The van der Waals surface area contributed by atoms with Crippen LogP contribution in [0, 0.1) is 0 Å². The van der Waals surface area contributed by atoms with E-state index in [0.29, 0.717) is 123 Å². The first-order valence-electron chi connectivity index (χ1n) is 35.4. The van der Waals surface area contributed by atoms with Gasteiger partial charge in [0.15, 0.2) is 0 Å². The van der Waals surface area contributed by atoms with E-state index in [9.17, 15) is 43.2 Å². The highest BCUT2D eigenvalue weighted by Crippen LogP contribution is 2.36. The Morgan fingerprint density at radius 3 is 1.23 bits per heavy atom. The van der Waals surface area contributed by atoms with Gasteiger partial charge in [-0.3, -0.25) is 38.4 Å². The monoisotopic (exact) mass is 1350 g/mol. The van der Waals surface area contributed by atoms with Crippen LogP contribution < -0.4 is 43.4 Å². The molecule has 0 spiro atoms. The van der Waals surface area contributed by atoms with Crippen molar-refractivity contribution in [2.24, 2.45) is 11.5 Å². The second kappa shape index (κ2) is 33.2. The Balaban J connectivity index is 0.000000162. The highest BCUT2D eigenvalue weighted by molar-refractivity contribution is 5.93. The molecule has 12 rings (SSSR count). The fourth-order valence-electron chi connectivity index (χ4n) is 14.4. The fraction of sp³-hybridized carbons (Fsp3) is 0.554. The van der Waals surface area contributed by atoms with Gasteiger partial charge in [0.2, 0.25) is 47.3 Å². The number of carbonyl (C=O) groups excluding carboxylic acids is 9. The number of nitrogens with two attached hydrogens (primary N) is 2. The molecule has 0 aliphatic carbocycles. The van der Waals surface area contributed by atoms with Crippen LogP contribution in [0.3, 0.4) is 0 Å². The van der Waals surface area contributed by atoms with Crippen LogP contribution in [0.25, 0.3) is 32.9 Å². The number of carbonyl (C=O) groups is 9. The van der Waals surface area contributed by atoms with Gasteiger partial charge >= 0.3 is 6.09 Å². The summed E-state index contributed by atoms with van der Waals surface area (Å²) in [6, 6.07) is 20.4.